The average molecular weight is 633 g/mol. The van der Waals surface area contributed by atoms with E-state index in [4.69, 9.17) is 23.2 Å². The summed E-state index contributed by atoms with van der Waals surface area (Å²) in [7, 11) is 0. The lowest BCUT2D eigenvalue weighted by Crippen LogP contribution is -2.23. The lowest BCUT2D eigenvalue weighted by Gasteiger charge is -2.33. The maximum atomic E-state index is 14.3. The molecule has 45 heavy (non-hydrogen) atoms. The second kappa shape index (κ2) is 17.2. The highest BCUT2D eigenvalue weighted by atomic mass is 35.5. The van der Waals surface area contributed by atoms with Gasteiger partial charge in [-0.05, 0) is 104 Å². The van der Waals surface area contributed by atoms with Gasteiger partial charge in [0.05, 0.1) is 11.4 Å². The first-order chi connectivity index (χ1) is 21.9. The number of hydrogen-bond acceptors (Lipinski definition) is 2. The topological polar surface area (TPSA) is 25.8 Å². The number of hydrogen-bond donors (Lipinski definition) is 0. The van der Waals surface area contributed by atoms with Crippen molar-refractivity contribution in [3.8, 4) is 0 Å². The summed E-state index contributed by atoms with van der Waals surface area (Å²) in [6, 6.07) is 5.06. The Morgan fingerprint density at radius 3 is 2.29 bits per heavy atom. The maximum Gasteiger partial charge on any atom is 0.124 e. The Morgan fingerprint density at radius 2 is 1.56 bits per heavy atom. The number of aromatic nitrogens is 2. The minimum atomic E-state index is -0.233. The van der Waals surface area contributed by atoms with Gasteiger partial charge in [0, 0.05) is 10.6 Å². The molecule has 1 aromatic carbocycles. The highest BCUT2D eigenvalue weighted by Gasteiger charge is 2.39. The fourth-order valence-corrected chi connectivity index (χ4v) is 8.81. The zero-order valence-electron chi connectivity index (χ0n) is 28.2. The summed E-state index contributed by atoms with van der Waals surface area (Å²) in [6.07, 6.45) is 30.9. The highest BCUT2D eigenvalue weighted by Crippen LogP contribution is 2.49. The fourth-order valence-electron chi connectivity index (χ4n) is 8.58. The molecule has 5 rings (SSSR count). The average Bonchev–Trinajstić information content (AvgIpc) is 3.86. The van der Waals surface area contributed by atoms with E-state index in [1.165, 1.54) is 125 Å². The number of nitrogens with zero attached hydrogens (tertiary/aromatic N) is 2. The first-order valence-corrected chi connectivity index (χ1v) is 18.9. The predicted molar refractivity (Wildman–Crippen MR) is 189 cm³/mol. The Labute approximate surface area is 278 Å². The van der Waals surface area contributed by atoms with Crippen LogP contribution in [-0.4, -0.2) is 9.97 Å². The van der Waals surface area contributed by atoms with Gasteiger partial charge in [0.2, 0.25) is 0 Å². The van der Waals surface area contributed by atoms with Crippen molar-refractivity contribution in [3.05, 3.63) is 76.1 Å². The van der Waals surface area contributed by atoms with Crippen LogP contribution in [0.15, 0.2) is 42.8 Å². The third-order valence-electron chi connectivity index (χ3n) is 11.5. The normalized spacial score (nSPS) is 24.1. The van der Waals surface area contributed by atoms with Crippen molar-refractivity contribution < 1.29 is 4.39 Å². The van der Waals surface area contributed by atoms with Crippen LogP contribution >= 0.6 is 11.6 Å². The molecule has 1 aromatic heterocycles. The lowest BCUT2D eigenvalue weighted by atomic mass is 9.72. The van der Waals surface area contributed by atoms with Gasteiger partial charge in [-0.1, -0.05) is 127 Å². The lowest BCUT2D eigenvalue weighted by molar-refractivity contribution is 0.294. The monoisotopic (exact) mass is 632 g/mol. The minimum absolute atomic E-state index is 0.233. The number of halogens is 2. The van der Waals surface area contributed by atoms with Crippen LogP contribution in [0.3, 0.4) is 0 Å². The van der Waals surface area contributed by atoms with E-state index in [1.54, 1.807) is 6.07 Å². The van der Waals surface area contributed by atoms with Gasteiger partial charge in [-0.3, -0.25) is 0 Å². The van der Waals surface area contributed by atoms with Gasteiger partial charge in [-0.15, -0.1) is 0 Å². The molecule has 2 saturated carbocycles. The van der Waals surface area contributed by atoms with Crippen molar-refractivity contribution >= 4 is 17.7 Å². The van der Waals surface area contributed by atoms with Crippen molar-refractivity contribution in [1.29, 1.82) is 0 Å². The summed E-state index contributed by atoms with van der Waals surface area (Å²) < 4.78 is 14.3. The summed E-state index contributed by atoms with van der Waals surface area (Å²) >= 11 is 6.27. The molecule has 2 fully saturated rings. The van der Waals surface area contributed by atoms with E-state index in [9.17, 15) is 4.39 Å². The second-order valence-electron chi connectivity index (χ2n) is 15.0. The molecule has 2 aromatic rings. The van der Waals surface area contributed by atoms with Gasteiger partial charge < -0.3 is 0 Å². The van der Waals surface area contributed by atoms with Crippen LogP contribution in [0.4, 0.5) is 4.39 Å². The van der Waals surface area contributed by atoms with Crippen molar-refractivity contribution in [2.45, 2.75) is 142 Å². The van der Waals surface area contributed by atoms with Crippen LogP contribution in [0.1, 0.15) is 151 Å². The Kier molecular flexibility index (Phi) is 13.2. The molecule has 4 heteroatoms. The van der Waals surface area contributed by atoms with Gasteiger partial charge in [0.15, 0.2) is 0 Å². The summed E-state index contributed by atoms with van der Waals surface area (Å²) in [5.41, 5.74) is 6.33. The molecule has 3 aliphatic rings. The Bertz CT molecular complexity index is 1250. The fraction of sp³-hybridized carbons (Fsp3) is 0.659. The molecule has 3 aliphatic carbocycles. The highest BCUT2D eigenvalue weighted by molar-refractivity contribution is 6.30. The number of aryl methyl sites for hydroxylation is 1. The number of benzene rings is 1. The van der Waals surface area contributed by atoms with E-state index >= 15 is 0 Å². The second-order valence-corrected chi connectivity index (χ2v) is 15.4. The molecule has 2 nitrogen and oxygen atoms in total. The molecule has 0 radical (unpaired) electrons. The van der Waals surface area contributed by atoms with Crippen molar-refractivity contribution in [3.63, 3.8) is 0 Å². The quantitative estimate of drug-likeness (QED) is 0.257. The molecule has 0 spiro atoms. The third-order valence-corrected chi connectivity index (χ3v) is 11.7. The van der Waals surface area contributed by atoms with Crippen LogP contribution < -0.4 is 0 Å². The summed E-state index contributed by atoms with van der Waals surface area (Å²) in [4.78, 5) is 9.50. The molecule has 0 saturated heterocycles. The summed E-state index contributed by atoms with van der Waals surface area (Å²) in [6.45, 7) is 9.43. The van der Waals surface area contributed by atoms with E-state index in [1.807, 2.05) is 12.4 Å². The zero-order chi connectivity index (χ0) is 31.6. The first kappa shape index (κ1) is 34.3. The molecule has 0 N–H and O–H groups in total. The maximum absolute atomic E-state index is 14.3. The largest absolute Gasteiger partial charge is 0.241 e. The van der Waals surface area contributed by atoms with Gasteiger partial charge in [0.25, 0.3) is 0 Å². The number of rotatable bonds is 9. The number of allylic oxidation sites excluding steroid dienone is 2. The van der Waals surface area contributed by atoms with E-state index in [0.29, 0.717) is 28.7 Å². The van der Waals surface area contributed by atoms with Crippen molar-refractivity contribution in [1.82, 2.24) is 9.97 Å². The van der Waals surface area contributed by atoms with Crippen LogP contribution in [-0.2, 0) is 12.8 Å². The van der Waals surface area contributed by atoms with E-state index in [-0.39, 0.29) is 11.7 Å². The standard InChI is InChI=1S/C41H58ClFN2/c1-29(41(34-21-22-34)31(3)30(2)35-25-36(42)27-37(43)26-35)23-32-15-10-7-5-4-6-8-11-16-33(18-14-17-32)24-40-38-19-12-9-13-20-39(38)44-28-45-40/h12,19,25-28,30-34,41H,1,4-11,13-18,20-24H2,2-3H3. The first-order valence-electron chi connectivity index (χ1n) is 18.5. The SMILES string of the molecule is C=C(CC1CCCCCCCCCC(Cc2ncnc3c2C=CCCC3)CCC1)C(C1CC1)C(C)C(C)c1cc(F)cc(Cl)c1. The molecule has 0 aliphatic heterocycles. The van der Waals surface area contributed by atoms with Gasteiger partial charge >= 0.3 is 0 Å². The molecular formula is C41H58ClFN2. The molecular weight excluding hydrogens is 575 g/mol. The van der Waals surface area contributed by atoms with Crippen LogP contribution in [0, 0.1) is 35.4 Å². The molecule has 5 unspecified atom stereocenters. The van der Waals surface area contributed by atoms with Gasteiger partial charge in [-0.25, -0.2) is 14.4 Å². The number of fused-ring (bicyclic) bond motifs is 1. The van der Waals surface area contributed by atoms with Gasteiger partial charge in [-0.2, -0.15) is 0 Å². The van der Waals surface area contributed by atoms with Gasteiger partial charge in [0.1, 0.15) is 12.1 Å². The Balaban J connectivity index is 1.24. The summed E-state index contributed by atoms with van der Waals surface area (Å²) in [5, 5.41) is 0.496. The van der Waals surface area contributed by atoms with Crippen molar-refractivity contribution in [2.24, 2.45) is 29.6 Å². The smallest absolute Gasteiger partial charge is 0.124 e. The third kappa shape index (κ3) is 10.2. The predicted octanol–water partition coefficient (Wildman–Crippen LogP) is 12.5. The molecule has 0 bridgehead atoms. The van der Waals surface area contributed by atoms with Crippen LogP contribution in [0.2, 0.25) is 5.02 Å². The molecule has 5 atom stereocenters. The Hall–Kier alpha value is -2.00. The molecule has 0 amide bonds. The molecule has 246 valence electrons. The summed E-state index contributed by atoms with van der Waals surface area (Å²) in [5.74, 6) is 3.09. The van der Waals surface area contributed by atoms with E-state index in [0.717, 1.165) is 37.2 Å². The van der Waals surface area contributed by atoms with Crippen LogP contribution in [0.5, 0.6) is 0 Å². The minimum Gasteiger partial charge on any atom is -0.241 e. The zero-order valence-corrected chi connectivity index (χ0v) is 29.0. The van der Waals surface area contributed by atoms with Crippen molar-refractivity contribution in [2.75, 3.05) is 0 Å². The Morgan fingerprint density at radius 1 is 0.867 bits per heavy atom. The molecule has 1 heterocycles. The van der Waals surface area contributed by atoms with Crippen LogP contribution in [0.25, 0.3) is 6.08 Å². The van der Waals surface area contributed by atoms with E-state index < -0.39 is 0 Å². The van der Waals surface area contributed by atoms with E-state index in [2.05, 4.69) is 31.0 Å².